The molecule has 0 radical (unpaired) electrons. The lowest BCUT2D eigenvalue weighted by Crippen LogP contribution is -2.29. The molecule has 0 unspecified atom stereocenters. The van der Waals surface area contributed by atoms with Crippen molar-refractivity contribution in [1.82, 2.24) is 20.0 Å². The number of hydrogen-bond acceptors (Lipinski definition) is 7. The summed E-state index contributed by atoms with van der Waals surface area (Å²) >= 11 is 1.26. The number of hydrogen-bond donors (Lipinski definition) is 1. The van der Waals surface area contributed by atoms with E-state index in [0.717, 1.165) is 15.3 Å². The molecule has 0 fully saturated rings. The first kappa shape index (κ1) is 16.8. The summed E-state index contributed by atoms with van der Waals surface area (Å²) in [5, 5.41) is 15.6. The number of benzene rings is 1. The van der Waals surface area contributed by atoms with Gasteiger partial charge in [-0.25, -0.2) is 4.68 Å². The fourth-order valence-corrected chi connectivity index (χ4v) is 2.81. The first-order valence-corrected chi connectivity index (χ1v) is 8.20. The van der Waals surface area contributed by atoms with Crippen LogP contribution in [0.15, 0.2) is 41.2 Å². The average Bonchev–Trinajstić information content (AvgIpc) is 3.01. The van der Waals surface area contributed by atoms with Gasteiger partial charge in [0.2, 0.25) is 11.0 Å². The van der Waals surface area contributed by atoms with Gasteiger partial charge in [-0.1, -0.05) is 23.5 Å². The summed E-state index contributed by atoms with van der Waals surface area (Å²) in [6, 6.07) is 10.3. The molecule has 2 heterocycles. The van der Waals surface area contributed by atoms with Crippen LogP contribution in [-0.4, -0.2) is 33.0 Å². The Hall–Kier alpha value is -3.07. The highest BCUT2D eigenvalue weighted by atomic mass is 32.1. The third-order valence-electron chi connectivity index (χ3n) is 3.32. The zero-order valence-corrected chi connectivity index (χ0v) is 14.4. The topological polar surface area (TPSA) is 99.0 Å². The van der Waals surface area contributed by atoms with Crippen LogP contribution in [0.5, 0.6) is 5.75 Å². The van der Waals surface area contributed by atoms with Gasteiger partial charge in [-0.05, 0) is 25.1 Å². The SMILES string of the molecule is COc1ccccc1-c1ccc(=O)n(CC(=O)Nc2nnc(C)s2)n1. The zero-order valence-electron chi connectivity index (χ0n) is 13.6. The van der Waals surface area contributed by atoms with E-state index in [4.69, 9.17) is 4.74 Å². The van der Waals surface area contributed by atoms with Crippen LogP contribution in [0.25, 0.3) is 11.3 Å². The Morgan fingerprint density at radius 3 is 2.76 bits per heavy atom. The molecule has 0 aliphatic carbocycles. The van der Waals surface area contributed by atoms with Gasteiger partial charge in [-0.3, -0.25) is 14.9 Å². The van der Waals surface area contributed by atoms with Crippen LogP contribution < -0.4 is 15.6 Å². The first-order chi connectivity index (χ1) is 12.1. The van der Waals surface area contributed by atoms with Gasteiger partial charge in [0.15, 0.2) is 0 Å². The van der Waals surface area contributed by atoms with Crippen LogP contribution in [0.3, 0.4) is 0 Å². The van der Waals surface area contributed by atoms with Gasteiger partial charge < -0.3 is 4.74 Å². The van der Waals surface area contributed by atoms with Gasteiger partial charge in [0.25, 0.3) is 5.56 Å². The fourth-order valence-electron chi connectivity index (χ4n) is 2.20. The third kappa shape index (κ3) is 3.89. The number of para-hydroxylation sites is 1. The van der Waals surface area contributed by atoms with E-state index in [-0.39, 0.29) is 12.1 Å². The summed E-state index contributed by atoms with van der Waals surface area (Å²) < 4.78 is 6.41. The second-order valence-electron chi connectivity index (χ2n) is 5.09. The molecule has 8 nitrogen and oxygen atoms in total. The Balaban J connectivity index is 1.84. The number of methoxy groups -OCH3 is 1. The van der Waals surface area contributed by atoms with E-state index < -0.39 is 5.91 Å². The van der Waals surface area contributed by atoms with Crippen LogP contribution in [0, 0.1) is 6.92 Å². The van der Waals surface area contributed by atoms with Crippen molar-refractivity contribution in [2.45, 2.75) is 13.5 Å². The summed E-state index contributed by atoms with van der Waals surface area (Å²) in [5.41, 5.74) is 0.901. The molecular formula is C16H15N5O3S. The number of aryl methyl sites for hydroxylation is 1. The molecule has 0 saturated carbocycles. The van der Waals surface area contributed by atoms with Crippen molar-refractivity contribution in [3.63, 3.8) is 0 Å². The summed E-state index contributed by atoms with van der Waals surface area (Å²) in [5.74, 6) is 0.233. The monoisotopic (exact) mass is 357 g/mol. The number of carbonyl (C=O) groups excluding carboxylic acids is 1. The first-order valence-electron chi connectivity index (χ1n) is 7.38. The molecule has 0 saturated heterocycles. The van der Waals surface area contributed by atoms with Gasteiger partial charge in [-0.2, -0.15) is 5.10 Å². The van der Waals surface area contributed by atoms with Crippen LogP contribution in [0.2, 0.25) is 0 Å². The summed E-state index contributed by atoms with van der Waals surface area (Å²) in [7, 11) is 1.56. The summed E-state index contributed by atoms with van der Waals surface area (Å²) in [4.78, 5) is 24.1. The molecule has 0 aliphatic heterocycles. The smallest absolute Gasteiger partial charge is 0.267 e. The van der Waals surface area contributed by atoms with E-state index in [0.29, 0.717) is 16.6 Å². The number of aromatic nitrogens is 4. The van der Waals surface area contributed by atoms with Crippen LogP contribution >= 0.6 is 11.3 Å². The van der Waals surface area contributed by atoms with Gasteiger partial charge in [-0.15, -0.1) is 10.2 Å². The molecule has 0 spiro atoms. The van der Waals surface area contributed by atoms with Crippen LogP contribution in [0.1, 0.15) is 5.01 Å². The number of nitrogens with zero attached hydrogens (tertiary/aromatic N) is 4. The number of ether oxygens (including phenoxy) is 1. The Kier molecular flexibility index (Phi) is 4.85. The van der Waals surface area contributed by atoms with Gasteiger partial charge >= 0.3 is 0 Å². The number of amides is 1. The van der Waals surface area contributed by atoms with Crippen LogP contribution in [0.4, 0.5) is 5.13 Å². The molecule has 25 heavy (non-hydrogen) atoms. The maximum Gasteiger partial charge on any atom is 0.267 e. The zero-order chi connectivity index (χ0) is 17.8. The highest BCUT2D eigenvalue weighted by molar-refractivity contribution is 7.15. The number of nitrogens with one attached hydrogen (secondary N) is 1. The van der Waals surface area contributed by atoms with E-state index in [1.807, 2.05) is 18.2 Å². The maximum atomic E-state index is 12.1. The van der Waals surface area contributed by atoms with E-state index >= 15 is 0 Å². The maximum absolute atomic E-state index is 12.1. The van der Waals surface area contributed by atoms with Crippen molar-refractivity contribution < 1.29 is 9.53 Å². The number of rotatable bonds is 5. The van der Waals surface area contributed by atoms with Crippen molar-refractivity contribution in [2.24, 2.45) is 0 Å². The summed E-state index contributed by atoms with van der Waals surface area (Å²) in [6.45, 7) is 1.57. The predicted octanol–water partition coefficient (Wildman–Crippen LogP) is 1.72. The molecule has 2 aromatic heterocycles. The molecule has 0 aliphatic rings. The molecular weight excluding hydrogens is 342 g/mol. The summed E-state index contributed by atoms with van der Waals surface area (Å²) in [6.07, 6.45) is 0. The second kappa shape index (κ2) is 7.22. The Labute approximate surface area is 147 Å². The Bertz CT molecular complexity index is 966. The van der Waals surface area contributed by atoms with E-state index in [2.05, 4.69) is 20.6 Å². The fraction of sp³-hybridized carbons (Fsp3) is 0.188. The Morgan fingerprint density at radius 2 is 2.04 bits per heavy atom. The van der Waals surface area contributed by atoms with Crippen LogP contribution in [-0.2, 0) is 11.3 Å². The molecule has 9 heteroatoms. The molecule has 0 atom stereocenters. The number of carbonyl (C=O) groups is 1. The van der Waals surface area contributed by atoms with Gasteiger partial charge in [0, 0.05) is 11.6 Å². The largest absolute Gasteiger partial charge is 0.496 e. The molecule has 1 N–H and O–H groups in total. The quantitative estimate of drug-likeness (QED) is 0.746. The molecule has 3 aromatic rings. The van der Waals surface area contributed by atoms with E-state index in [9.17, 15) is 9.59 Å². The number of anilines is 1. The molecule has 1 amide bonds. The molecule has 0 bridgehead atoms. The van der Waals surface area contributed by atoms with Crippen molar-refractivity contribution >= 4 is 22.4 Å². The standard InChI is InChI=1S/C16H15N5O3S/c1-10-18-19-16(25-10)17-14(22)9-21-15(23)8-7-12(20-21)11-5-3-4-6-13(11)24-2/h3-8H,9H2,1-2H3,(H,17,19,22). The van der Waals surface area contributed by atoms with Crippen molar-refractivity contribution in [3.8, 4) is 17.0 Å². The van der Waals surface area contributed by atoms with E-state index in [1.165, 1.54) is 17.4 Å². The molecule has 128 valence electrons. The van der Waals surface area contributed by atoms with Crippen molar-refractivity contribution in [3.05, 3.63) is 51.8 Å². The lowest BCUT2D eigenvalue weighted by molar-refractivity contribution is -0.117. The van der Waals surface area contributed by atoms with Crippen molar-refractivity contribution in [2.75, 3.05) is 12.4 Å². The van der Waals surface area contributed by atoms with Gasteiger partial charge in [0.05, 0.1) is 12.8 Å². The predicted molar refractivity (Wildman–Crippen MR) is 93.8 cm³/mol. The van der Waals surface area contributed by atoms with Crippen molar-refractivity contribution in [1.29, 1.82) is 0 Å². The molecule has 1 aromatic carbocycles. The minimum atomic E-state index is -0.400. The Morgan fingerprint density at radius 1 is 1.24 bits per heavy atom. The van der Waals surface area contributed by atoms with E-state index in [1.54, 1.807) is 26.2 Å². The lowest BCUT2D eigenvalue weighted by Gasteiger charge is -2.09. The highest BCUT2D eigenvalue weighted by Crippen LogP contribution is 2.27. The average molecular weight is 357 g/mol. The normalized spacial score (nSPS) is 10.5. The second-order valence-corrected chi connectivity index (χ2v) is 6.27. The molecule has 3 rings (SSSR count). The minimum Gasteiger partial charge on any atom is -0.496 e. The lowest BCUT2D eigenvalue weighted by atomic mass is 10.1. The van der Waals surface area contributed by atoms with Gasteiger partial charge in [0.1, 0.15) is 17.3 Å². The highest BCUT2D eigenvalue weighted by Gasteiger charge is 2.12. The third-order valence-corrected chi connectivity index (χ3v) is 4.07. The minimum absolute atomic E-state index is 0.222.